The maximum atomic E-state index is 12.1. The Kier molecular flexibility index (Phi) is 6.08. The van der Waals surface area contributed by atoms with Crippen LogP contribution in [-0.4, -0.2) is 50.3 Å². The number of amides is 1. The van der Waals surface area contributed by atoms with Gasteiger partial charge >= 0.3 is 0 Å². The molecule has 1 fully saturated rings. The molecule has 1 amide bonds. The zero-order valence-corrected chi connectivity index (χ0v) is 12.0. The van der Waals surface area contributed by atoms with E-state index in [0.29, 0.717) is 26.1 Å². The predicted molar refractivity (Wildman–Crippen MR) is 74.5 cm³/mol. The largest absolute Gasteiger partial charge is 0.469 e. The van der Waals surface area contributed by atoms with E-state index < -0.39 is 0 Å². The zero-order chi connectivity index (χ0) is 14.2. The number of piperidine rings is 1. The Morgan fingerprint density at radius 2 is 2.20 bits per heavy atom. The van der Waals surface area contributed by atoms with Crippen LogP contribution in [0.2, 0.25) is 0 Å². The minimum Gasteiger partial charge on any atom is -0.469 e. The van der Waals surface area contributed by atoms with Crippen LogP contribution in [0.3, 0.4) is 0 Å². The Hall–Kier alpha value is -1.33. The third-order valence-electron chi connectivity index (χ3n) is 3.60. The standard InChI is InChI=1S/C15H23NO4/c1-18-11-12-20-14-6-8-16(9-7-14)15(17)5-4-13-3-2-10-19-13/h2-3,10,14H,4-9,11-12H2,1H3. The second-order valence-corrected chi connectivity index (χ2v) is 5.02. The van der Waals surface area contributed by atoms with E-state index in [2.05, 4.69) is 0 Å². The molecule has 5 nitrogen and oxygen atoms in total. The summed E-state index contributed by atoms with van der Waals surface area (Å²) in [5.74, 6) is 1.08. The summed E-state index contributed by atoms with van der Waals surface area (Å²) in [5.41, 5.74) is 0. The number of hydrogen-bond donors (Lipinski definition) is 0. The number of furan rings is 1. The highest BCUT2D eigenvalue weighted by atomic mass is 16.5. The summed E-state index contributed by atoms with van der Waals surface area (Å²) in [4.78, 5) is 14.0. The fraction of sp³-hybridized carbons (Fsp3) is 0.667. The number of carbonyl (C=O) groups excluding carboxylic acids is 1. The minimum absolute atomic E-state index is 0.205. The smallest absolute Gasteiger partial charge is 0.223 e. The molecule has 2 heterocycles. The van der Waals surface area contributed by atoms with Crippen molar-refractivity contribution in [2.45, 2.75) is 31.8 Å². The molecule has 0 spiro atoms. The maximum absolute atomic E-state index is 12.1. The van der Waals surface area contributed by atoms with Crippen LogP contribution in [0.15, 0.2) is 22.8 Å². The molecule has 2 rings (SSSR count). The Bertz CT molecular complexity index is 383. The number of likely N-dealkylation sites (tertiary alicyclic amines) is 1. The average molecular weight is 281 g/mol. The number of hydrogen-bond acceptors (Lipinski definition) is 4. The number of nitrogens with zero attached hydrogens (tertiary/aromatic N) is 1. The van der Waals surface area contributed by atoms with Crippen molar-refractivity contribution in [2.75, 3.05) is 33.4 Å². The van der Waals surface area contributed by atoms with Gasteiger partial charge in [-0.25, -0.2) is 0 Å². The van der Waals surface area contributed by atoms with Gasteiger partial charge in [0.2, 0.25) is 5.91 Å². The lowest BCUT2D eigenvalue weighted by Gasteiger charge is -2.32. The molecule has 5 heteroatoms. The first-order valence-corrected chi connectivity index (χ1v) is 7.20. The van der Waals surface area contributed by atoms with E-state index >= 15 is 0 Å². The SMILES string of the molecule is COCCOC1CCN(C(=O)CCc2ccco2)CC1. The van der Waals surface area contributed by atoms with E-state index in [1.807, 2.05) is 17.0 Å². The van der Waals surface area contributed by atoms with E-state index in [1.54, 1.807) is 13.4 Å². The monoisotopic (exact) mass is 281 g/mol. The van der Waals surface area contributed by atoms with E-state index in [4.69, 9.17) is 13.9 Å². The number of rotatable bonds is 7. The average Bonchev–Trinajstić information content (AvgIpc) is 2.99. The molecule has 0 aliphatic carbocycles. The van der Waals surface area contributed by atoms with Crippen LogP contribution >= 0.6 is 0 Å². The quantitative estimate of drug-likeness (QED) is 0.716. The van der Waals surface area contributed by atoms with Crippen molar-refractivity contribution < 1.29 is 18.7 Å². The summed E-state index contributed by atoms with van der Waals surface area (Å²) in [6.07, 6.45) is 4.92. The Balaban J connectivity index is 1.64. The van der Waals surface area contributed by atoms with Gasteiger partial charge in [-0.2, -0.15) is 0 Å². The van der Waals surface area contributed by atoms with Gasteiger partial charge in [0.1, 0.15) is 5.76 Å². The summed E-state index contributed by atoms with van der Waals surface area (Å²) in [6, 6.07) is 3.76. The molecule has 0 atom stereocenters. The first-order valence-electron chi connectivity index (χ1n) is 7.20. The fourth-order valence-corrected chi connectivity index (χ4v) is 2.41. The first-order chi connectivity index (χ1) is 9.79. The maximum Gasteiger partial charge on any atom is 0.223 e. The Morgan fingerprint density at radius 3 is 2.85 bits per heavy atom. The number of ether oxygens (including phenoxy) is 2. The molecular weight excluding hydrogens is 258 g/mol. The van der Waals surface area contributed by atoms with Crippen LogP contribution in [0.5, 0.6) is 0 Å². The van der Waals surface area contributed by atoms with Crippen molar-refractivity contribution in [1.29, 1.82) is 0 Å². The van der Waals surface area contributed by atoms with Crippen molar-refractivity contribution in [3.63, 3.8) is 0 Å². The van der Waals surface area contributed by atoms with Crippen molar-refractivity contribution in [3.8, 4) is 0 Å². The van der Waals surface area contributed by atoms with Crippen LogP contribution in [0, 0.1) is 0 Å². The Labute approximate surface area is 119 Å². The van der Waals surface area contributed by atoms with Gasteiger partial charge in [0.15, 0.2) is 0 Å². The summed E-state index contributed by atoms with van der Waals surface area (Å²) < 4.78 is 15.9. The van der Waals surface area contributed by atoms with Gasteiger partial charge in [-0.3, -0.25) is 4.79 Å². The first kappa shape index (κ1) is 15.1. The number of methoxy groups -OCH3 is 1. The van der Waals surface area contributed by atoms with E-state index in [1.165, 1.54) is 0 Å². The highest BCUT2D eigenvalue weighted by Gasteiger charge is 2.22. The summed E-state index contributed by atoms with van der Waals surface area (Å²) in [7, 11) is 1.67. The van der Waals surface area contributed by atoms with Crippen molar-refractivity contribution >= 4 is 5.91 Å². The van der Waals surface area contributed by atoms with Crippen LogP contribution in [0.1, 0.15) is 25.0 Å². The summed E-state index contributed by atoms with van der Waals surface area (Å²) in [5, 5.41) is 0. The topological polar surface area (TPSA) is 51.9 Å². The molecule has 112 valence electrons. The third kappa shape index (κ3) is 4.65. The van der Waals surface area contributed by atoms with Crippen molar-refractivity contribution in [1.82, 2.24) is 4.90 Å². The third-order valence-corrected chi connectivity index (χ3v) is 3.60. The van der Waals surface area contributed by atoms with E-state index in [-0.39, 0.29) is 12.0 Å². The van der Waals surface area contributed by atoms with Crippen molar-refractivity contribution in [2.24, 2.45) is 0 Å². The number of aryl methyl sites for hydroxylation is 1. The molecule has 0 saturated carbocycles. The van der Waals surface area contributed by atoms with E-state index in [9.17, 15) is 4.79 Å². The molecule has 0 radical (unpaired) electrons. The highest BCUT2D eigenvalue weighted by Crippen LogP contribution is 2.15. The van der Waals surface area contributed by atoms with Gasteiger partial charge in [0, 0.05) is 33.0 Å². The molecule has 1 saturated heterocycles. The fourth-order valence-electron chi connectivity index (χ4n) is 2.41. The van der Waals surface area contributed by atoms with Gasteiger partial charge in [-0.05, 0) is 25.0 Å². The van der Waals surface area contributed by atoms with Gasteiger partial charge in [-0.15, -0.1) is 0 Å². The second-order valence-electron chi connectivity index (χ2n) is 5.02. The van der Waals surface area contributed by atoms with E-state index in [0.717, 1.165) is 31.7 Å². The van der Waals surface area contributed by atoms with Crippen LogP contribution in [-0.2, 0) is 20.7 Å². The normalized spacial score (nSPS) is 16.6. The minimum atomic E-state index is 0.205. The van der Waals surface area contributed by atoms with Gasteiger partial charge in [-0.1, -0.05) is 0 Å². The zero-order valence-electron chi connectivity index (χ0n) is 12.0. The predicted octanol–water partition coefficient (Wildman–Crippen LogP) is 1.87. The summed E-state index contributed by atoms with van der Waals surface area (Å²) in [6.45, 7) is 2.83. The van der Waals surface area contributed by atoms with Crippen LogP contribution < -0.4 is 0 Å². The Morgan fingerprint density at radius 1 is 1.40 bits per heavy atom. The molecule has 0 unspecified atom stereocenters. The molecule has 0 bridgehead atoms. The lowest BCUT2D eigenvalue weighted by Crippen LogP contribution is -2.41. The van der Waals surface area contributed by atoms with Gasteiger partial charge in [0.05, 0.1) is 25.6 Å². The van der Waals surface area contributed by atoms with Crippen molar-refractivity contribution in [3.05, 3.63) is 24.2 Å². The van der Waals surface area contributed by atoms with Crippen LogP contribution in [0.4, 0.5) is 0 Å². The molecule has 1 aliphatic rings. The second kappa shape index (κ2) is 8.07. The molecule has 20 heavy (non-hydrogen) atoms. The lowest BCUT2D eigenvalue weighted by atomic mass is 10.1. The number of carbonyl (C=O) groups is 1. The van der Waals surface area contributed by atoms with Gasteiger partial charge < -0.3 is 18.8 Å². The molecular formula is C15H23NO4. The molecule has 1 aromatic rings. The molecule has 0 N–H and O–H groups in total. The molecule has 1 aromatic heterocycles. The molecule has 1 aliphatic heterocycles. The highest BCUT2D eigenvalue weighted by molar-refractivity contribution is 5.76. The van der Waals surface area contributed by atoms with Crippen LogP contribution in [0.25, 0.3) is 0 Å². The lowest BCUT2D eigenvalue weighted by molar-refractivity contribution is -0.134. The molecule has 0 aromatic carbocycles. The van der Waals surface area contributed by atoms with Gasteiger partial charge in [0.25, 0.3) is 0 Å². The summed E-state index contributed by atoms with van der Waals surface area (Å²) >= 11 is 0.